The van der Waals surface area contributed by atoms with Gasteiger partial charge < -0.3 is 10.2 Å². The molecule has 4 heteroatoms. The number of hydrogen-bond donors (Lipinski definition) is 1. The molecule has 0 spiro atoms. The van der Waals surface area contributed by atoms with E-state index in [9.17, 15) is 0 Å². The molecule has 0 unspecified atom stereocenters. The van der Waals surface area contributed by atoms with Crippen molar-refractivity contribution in [2.45, 2.75) is 27.3 Å². The van der Waals surface area contributed by atoms with E-state index in [1.165, 1.54) is 22.3 Å². The minimum Gasteiger partial charge on any atom is -0.346 e. The summed E-state index contributed by atoms with van der Waals surface area (Å²) < 4.78 is 0. The zero-order valence-electron chi connectivity index (χ0n) is 15.4. The van der Waals surface area contributed by atoms with Crippen LogP contribution < -0.4 is 5.32 Å². The Kier molecular flexibility index (Phi) is 5.71. The summed E-state index contributed by atoms with van der Waals surface area (Å²) in [5.74, 6) is 0. The standard InChI is InChI=1S/C21H27N3S/c1-16-8-6-10-20(18(16)3)22-21(25)24-13-11-23(12-14-24)15-19-9-5-4-7-17(19)2/h4-10H,11-15H2,1-3H3,(H,22,25). The molecule has 2 aromatic rings. The zero-order valence-corrected chi connectivity index (χ0v) is 16.2. The molecule has 2 aromatic carbocycles. The van der Waals surface area contributed by atoms with Crippen molar-refractivity contribution in [2.24, 2.45) is 0 Å². The molecule has 25 heavy (non-hydrogen) atoms. The van der Waals surface area contributed by atoms with Crippen molar-refractivity contribution in [1.29, 1.82) is 0 Å². The molecular weight excluding hydrogens is 326 g/mol. The van der Waals surface area contributed by atoms with Crippen molar-refractivity contribution in [3.05, 3.63) is 64.7 Å². The fraction of sp³-hybridized carbons (Fsp3) is 0.381. The van der Waals surface area contributed by atoms with E-state index < -0.39 is 0 Å². The van der Waals surface area contributed by atoms with Crippen LogP contribution in [0.15, 0.2) is 42.5 Å². The maximum Gasteiger partial charge on any atom is 0.173 e. The smallest absolute Gasteiger partial charge is 0.173 e. The van der Waals surface area contributed by atoms with Gasteiger partial charge in [-0.1, -0.05) is 36.4 Å². The summed E-state index contributed by atoms with van der Waals surface area (Å²) in [6, 6.07) is 15.0. The summed E-state index contributed by atoms with van der Waals surface area (Å²) >= 11 is 5.64. The Morgan fingerprint density at radius 2 is 1.60 bits per heavy atom. The molecule has 1 fully saturated rings. The van der Waals surface area contributed by atoms with Crippen molar-refractivity contribution in [3.8, 4) is 0 Å². The lowest BCUT2D eigenvalue weighted by Gasteiger charge is -2.36. The highest BCUT2D eigenvalue weighted by molar-refractivity contribution is 7.80. The lowest BCUT2D eigenvalue weighted by molar-refractivity contribution is 0.176. The summed E-state index contributed by atoms with van der Waals surface area (Å²) in [6.07, 6.45) is 0. The molecule has 3 nitrogen and oxygen atoms in total. The monoisotopic (exact) mass is 353 g/mol. The molecule has 0 amide bonds. The van der Waals surface area contributed by atoms with E-state index in [2.05, 4.69) is 78.4 Å². The van der Waals surface area contributed by atoms with Crippen molar-refractivity contribution in [3.63, 3.8) is 0 Å². The van der Waals surface area contributed by atoms with E-state index in [1.807, 2.05) is 0 Å². The Labute approximate surface area is 156 Å². The molecule has 1 saturated heterocycles. The van der Waals surface area contributed by atoms with Crippen LogP contribution in [-0.2, 0) is 6.54 Å². The molecule has 132 valence electrons. The summed E-state index contributed by atoms with van der Waals surface area (Å²) in [4.78, 5) is 4.80. The zero-order chi connectivity index (χ0) is 17.8. The number of thiocarbonyl (C=S) groups is 1. The van der Waals surface area contributed by atoms with Crippen molar-refractivity contribution in [2.75, 3.05) is 31.5 Å². The van der Waals surface area contributed by atoms with Gasteiger partial charge in [-0.05, 0) is 61.3 Å². The minimum atomic E-state index is 0.837. The van der Waals surface area contributed by atoms with Gasteiger partial charge in [-0.3, -0.25) is 4.90 Å². The second-order valence-electron chi connectivity index (χ2n) is 6.87. The number of hydrogen-bond acceptors (Lipinski definition) is 2. The van der Waals surface area contributed by atoms with E-state index in [0.29, 0.717) is 0 Å². The van der Waals surface area contributed by atoms with Gasteiger partial charge in [0.05, 0.1) is 0 Å². The van der Waals surface area contributed by atoms with Crippen molar-refractivity contribution in [1.82, 2.24) is 9.80 Å². The third-order valence-corrected chi connectivity index (χ3v) is 5.52. The summed E-state index contributed by atoms with van der Waals surface area (Å²) in [5, 5.41) is 4.27. The first-order chi connectivity index (χ1) is 12.0. The van der Waals surface area contributed by atoms with Gasteiger partial charge in [0.2, 0.25) is 0 Å². The third kappa shape index (κ3) is 4.39. The number of nitrogens with one attached hydrogen (secondary N) is 1. The predicted molar refractivity (Wildman–Crippen MR) is 110 cm³/mol. The largest absolute Gasteiger partial charge is 0.346 e. The first kappa shape index (κ1) is 17.9. The van der Waals surface area contributed by atoms with E-state index in [1.54, 1.807) is 0 Å². The first-order valence-electron chi connectivity index (χ1n) is 8.93. The number of rotatable bonds is 3. The molecule has 1 aliphatic rings. The lowest BCUT2D eigenvalue weighted by atomic mass is 10.1. The summed E-state index contributed by atoms with van der Waals surface area (Å²) in [7, 11) is 0. The Morgan fingerprint density at radius 3 is 2.32 bits per heavy atom. The lowest BCUT2D eigenvalue weighted by Crippen LogP contribution is -2.49. The quantitative estimate of drug-likeness (QED) is 0.836. The van der Waals surface area contributed by atoms with Gasteiger partial charge in [0, 0.05) is 38.4 Å². The van der Waals surface area contributed by atoms with Crippen LogP contribution >= 0.6 is 12.2 Å². The fourth-order valence-electron chi connectivity index (χ4n) is 3.22. The maximum atomic E-state index is 5.64. The Hall–Kier alpha value is -1.91. The average molecular weight is 354 g/mol. The van der Waals surface area contributed by atoms with Crippen molar-refractivity contribution < 1.29 is 0 Å². The SMILES string of the molecule is Cc1ccccc1CN1CCN(C(=S)Nc2cccc(C)c2C)CC1. The van der Waals surface area contributed by atoms with E-state index in [4.69, 9.17) is 12.2 Å². The van der Waals surface area contributed by atoms with Crippen LogP contribution in [0.3, 0.4) is 0 Å². The third-order valence-electron chi connectivity index (χ3n) is 5.16. The van der Waals surface area contributed by atoms with Gasteiger partial charge in [-0.25, -0.2) is 0 Å². The Balaban J connectivity index is 1.54. The van der Waals surface area contributed by atoms with Crippen LogP contribution in [0.5, 0.6) is 0 Å². The molecule has 1 N–H and O–H groups in total. The summed E-state index contributed by atoms with van der Waals surface area (Å²) in [5.41, 5.74) is 6.47. The molecule has 0 aliphatic carbocycles. The Morgan fingerprint density at radius 1 is 0.920 bits per heavy atom. The van der Waals surface area contributed by atoms with Gasteiger partial charge >= 0.3 is 0 Å². The van der Waals surface area contributed by atoms with Gasteiger partial charge in [0.15, 0.2) is 5.11 Å². The van der Waals surface area contributed by atoms with Gasteiger partial charge in [-0.2, -0.15) is 0 Å². The number of anilines is 1. The highest BCUT2D eigenvalue weighted by atomic mass is 32.1. The van der Waals surface area contributed by atoms with Crippen LogP contribution in [-0.4, -0.2) is 41.1 Å². The second-order valence-corrected chi connectivity index (χ2v) is 7.25. The van der Waals surface area contributed by atoms with Crippen LogP contribution in [0.4, 0.5) is 5.69 Å². The van der Waals surface area contributed by atoms with Crippen LogP contribution in [0.25, 0.3) is 0 Å². The topological polar surface area (TPSA) is 18.5 Å². The number of piperazine rings is 1. The first-order valence-corrected chi connectivity index (χ1v) is 9.34. The van der Waals surface area contributed by atoms with Gasteiger partial charge in [0.25, 0.3) is 0 Å². The summed E-state index contributed by atoms with van der Waals surface area (Å²) in [6.45, 7) is 11.5. The molecule has 0 bridgehead atoms. The Bertz CT molecular complexity index is 749. The molecule has 0 radical (unpaired) electrons. The molecule has 0 aromatic heterocycles. The molecule has 1 aliphatic heterocycles. The molecule has 1 heterocycles. The molecule has 0 saturated carbocycles. The highest BCUT2D eigenvalue weighted by Gasteiger charge is 2.19. The maximum absolute atomic E-state index is 5.64. The average Bonchev–Trinajstić information content (AvgIpc) is 2.61. The molecular formula is C21H27N3S. The minimum absolute atomic E-state index is 0.837. The highest BCUT2D eigenvalue weighted by Crippen LogP contribution is 2.19. The van der Waals surface area contributed by atoms with E-state index in [0.717, 1.165) is 43.5 Å². The normalized spacial score (nSPS) is 15.2. The molecule has 3 rings (SSSR count). The number of nitrogens with zero attached hydrogens (tertiary/aromatic N) is 2. The van der Waals surface area contributed by atoms with Crippen LogP contribution in [0, 0.1) is 20.8 Å². The van der Waals surface area contributed by atoms with Crippen molar-refractivity contribution >= 4 is 23.0 Å². The van der Waals surface area contributed by atoms with Crippen LogP contribution in [0.1, 0.15) is 22.3 Å². The van der Waals surface area contributed by atoms with Gasteiger partial charge in [0.1, 0.15) is 0 Å². The van der Waals surface area contributed by atoms with E-state index >= 15 is 0 Å². The second kappa shape index (κ2) is 7.98. The van der Waals surface area contributed by atoms with Gasteiger partial charge in [-0.15, -0.1) is 0 Å². The molecule has 0 atom stereocenters. The number of aryl methyl sites for hydroxylation is 2. The van der Waals surface area contributed by atoms with E-state index in [-0.39, 0.29) is 0 Å². The number of benzene rings is 2. The predicted octanol–water partition coefficient (Wildman–Crippen LogP) is 4.13. The van der Waals surface area contributed by atoms with Crippen LogP contribution in [0.2, 0.25) is 0 Å². The fourth-order valence-corrected chi connectivity index (χ4v) is 3.51.